The first-order chi connectivity index (χ1) is 12.6. The normalized spacial score (nSPS) is 17.2. The first-order valence-corrected chi connectivity index (χ1v) is 9.42. The Kier molecular flexibility index (Phi) is 4.90. The van der Waals surface area contributed by atoms with E-state index in [0.717, 1.165) is 17.7 Å². The SMILES string of the molecule is COc1ccccc1C(=O)C=C1NC(C)(C)Cc2ccc(C(C)(C)C)cc21. The van der Waals surface area contributed by atoms with Crippen molar-refractivity contribution >= 4 is 11.5 Å². The summed E-state index contributed by atoms with van der Waals surface area (Å²) >= 11 is 0. The van der Waals surface area contributed by atoms with Crippen LogP contribution in [-0.2, 0) is 11.8 Å². The molecule has 27 heavy (non-hydrogen) atoms. The fraction of sp³-hybridized carbons (Fsp3) is 0.375. The average Bonchev–Trinajstić information content (AvgIpc) is 2.59. The third-order valence-electron chi connectivity index (χ3n) is 5.02. The van der Waals surface area contributed by atoms with Gasteiger partial charge in [-0.2, -0.15) is 0 Å². The predicted octanol–water partition coefficient (Wildman–Crippen LogP) is 5.14. The quantitative estimate of drug-likeness (QED) is 0.606. The molecule has 0 atom stereocenters. The molecule has 142 valence electrons. The summed E-state index contributed by atoms with van der Waals surface area (Å²) in [4.78, 5) is 13.0. The molecule has 1 aliphatic heterocycles. The Morgan fingerprint density at radius 1 is 1.15 bits per heavy atom. The van der Waals surface area contributed by atoms with E-state index < -0.39 is 0 Å². The molecule has 1 aliphatic rings. The number of allylic oxidation sites excluding steroid dienone is 1. The molecule has 3 heteroatoms. The zero-order chi connectivity index (χ0) is 19.8. The summed E-state index contributed by atoms with van der Waals surface area (Å²) in [6.45, 7) is 10.9. The summed E-state index contributed by atoms with van der Waals surface area (Å²) in [5, 5.41) is 3.57. The highest BCUT2D eigenvalue weighted by atomic mass is 16.5. The topological polar surface area (TPSA) is 38.3 Å². The van der Waals surface area contributed by atoms with Crippen LogP contribution < -0.4 is 10.1 Å². The summed E-state index contributed by atoms with van der Waals surface area (Å²) in [7, 11) is 1.59. The predicted molar refractivity (Wildman–Crippen MR) is 111 cm³/mol. The number of rotatable bonds is 3. The number of fused-ring (bicyclic) bond motifs is 1. The number of para-hydroxylation sites is 1. The largest absolute Gasteiger partial charge is 0.496 e. The summed E-state index contributed by atoms with van der Waals surface area (Å²) in [6, 6.07) is 14.0. The lowest BCUT2D eigenvalue weighted by Gasteiger charge is -2.36. The molecule has 0 saturated carbocycles. The van der Waals surface area contributed by atoms with Crippen LogP contribution in [0.2, 0.25) is 0 Å². The van der Waals surface area contributed by atoms with Gasteiger partial charge in [0.1, 0.15) is 5.75 Å². The summed E-state index contributed by atoms with van der Waals surface area (Å²) in [5.41, 5.74) is 5.05. The molecule has 0 radical (unpaired) electrons. The third kappa shape index (κ3) is 4.08. The molecule has 0 bridgehead atoms. The van der Waals surface area contributed by atoms with Crippen LogP contribution in [0, 0.1) is 0 Å². The van der Waals surface area contributed by atoms with Gasteiger partial charge in [-0.1, -0.05) is 45.0 Å². The first-order valence-electron chi connectivity index (χ1n) is 9.42. The van der Waals surface area contributed by atoms with Gasteiger partial charge in [-0.25, -0.2) is 0 Å². The number of hydrogen-bond acceptors (Lipinski definition) is 3. The van der Waals surface area contributed by atoms with Gasteiger partial charge in [0.15, 0.2) is 5.78 Å². The molecule has 1 N–H and O–H groups in total. The Morgan fingerprint density at radius 2 is 1.85 bits per heavy atom. The fourth-order valence-electron chi connectivity index (χ4n) is 3.57. The molecule has 3 rings (SSSR count). The molecule has 3 nitrogen and oxygen atoms in total. The maximum atomic E-state index is 13.0. The maximum Gasteiger partial charge on any atom is 0.191 e. The Morgan fingerprint density at radius 3 is 2.52 bits per heavy atom. The van der Waals surface area contributed by atoms with Crippen LogP contribution in [0.5, 0.6) is 5.75 Å². The second-order valence-electron chi connectivity index (χ2n) is 8.93. The molecule has 0 amide bonds. The number of nitrogens with one attached hydrogen (secondary N) is 1. The molecular formula is C24H29NO2. The maximum absolute atomic E-state index is 13.0. The molecule has 0 aliphatic carbocycles. The van der Waals surface area contributed by atoms with Crippen LogP contribution in [0.4, 0.5) is 0 Å². The van der Waals surface area contributed by atoms with Crippen molar-refractivity contribution in [3.05, 3.63) is 70.8 Å². The minimum atomic E-state index is -0.108. The monoisotopic (exact) mass is 363 g/mol. The van der Waals surface area contributed by atoms with Gasteiger partial charge in [0, 0.05) is 22.9 Å². The van der Waals surface area contributed by atoms with Crippen molar-refractivity contribution in [2.45, 2.75) is 52.0 Å². The van der Waals surface area contributed by atoms with Crippen LogP contribution in [0.25, 0.3) is 5.70 Å². The van der Waals surface area contributed by atoms with E-state index >= 15 is 0 Å². The van der Waals surface area contributed by atoms with Crippen molar-refractivity contribution in [2.24, 2.45) is 0 Å². The van der Waals surface area contributed by atoms with E-state index in [9.17, 15) is 4.79 Å². The zero-order valence-corrected chi connectivity index (χ0v) is 17.1. The van der Waals surface area contributed by atoms with E-state index in [1.54, 1.807) is 19.3 Å². The minimum Gasteiger partial charge on any atom is -0.496 e. The van der Waals surface area contributed by atoms with Crippen molar-refractivity contribution in [2.75, 3.05) is 7.11 Å². The molecule has 1 heterocycles. The van der Waals surface area contributed by atoms with Crippen molar-refractivity contribution in [3.8, 4) is 5.75 Å². The second-order valence-corrected chi connectivity index (χ2v) is 8.93. The molecular weight excluding hydrogens is 334 g/mol. The highest BCUT2D eigenvalue weighted by Crippen LogP contribution is 2.34. The number of hydrogen-bond donors (Lipinski definition) is 1. The van der Waals surface area contributed by atoms with E-state index in [0.29, 0.717) is 11.3 Å². The lowest BCUT2D eigenvalue weighted by molar-refractivity contribution is 0.104. The number of carbonyl (C=O) groups excluding carboxylic acids is 1. The molecule has 2 aromatic rings. The lowest BCUT2D eigenvalue weighted by Crippen LogP contribution is -2.44. The highest BCUT2D eigenvalue weighted by Gasteiger charge is 2.29. The number of ketones is 1. The molecule has 0 spiro atoms. The van der Waals surface area contributed by atoms with Gasteiger partial charge in [-0.15, -0.1) is 0 Å². The first kappa shape index (κ1) is 19.2. The Hall–Kier alpha value is -2.55. The number of methoxy groups -OCH3 is 1. The standard InChI is InChI=1S/C24H29NO2/c1-23(2,3)17-12-11-16-15-24(4,5)25-20(19(16)13-17)14-21(26)18-9-7-8-10-22(18)27-6/h7-14,25H,15H2,1-6H3. The van der Waals surface area contributed by atoms with Crippen LogP contribution in [0.3, 0.4) is 0 Å². The van der Waals surface area contributed by atoms with Crippen LogP contribution in [0.15, 0.2) is 48.5 Å². The average molecular weight is 364 g/mol. The zero-order valence-electron chi connectivity index (χ0n) is 17.1. The smallest absolute Gasteiger partial charge is 0.191 e. The van der Waals surface area contributed by atoms with Crippen LogP contribution in [-0.4, -0.2) is 18.4 Å². The molecule has 2 aromatic carbocycles. The minimum absolute atomic E-state index is 0.0553. The van der Waals surface area contributed by atoms with Crippen LogP contribution in [0.1, 0.15) is 61.7 Å². The van der Waals surface area contributed by atoms with E-state index in [1.165, 1.54) is 11.1 Å². The van der Waals surface area contributed by atoms with Gasteiger partial charge >= 0.3 is 0 Å². The van der Waals surface area contributed by atoms with Crippen molar-refractivity contribution < 1.29 is 9.53 Å². The molecule has 0 aromatic heterocycles. The Bertz CT molecular complexity index is 901. The van der Waals surface area contributed by atoms with Gasteiger partial charge in [0.05, 0.1) is 12.7 Å². The van der Waals surface area contributed by atoms with Gasteiger partial charge in [0.2, 0.25) is 0 Å². The third-order valence-corrected chi connectivity index (χ3v) is 5.02. The van der Waals surface area contributed by atoms with Gasteiger partial charge in [-0.3, -0.25) is 4.79 Å². The molecule has 0 fully saturated rings. The van der Waals surface area contributed by atoms with E-state index in [-0.39, 0.29) is 16.7 Å². The Labute approximate surface area is 162 Å². The highest BCUT2D eigenvalue weighted by molar-refractivity contribution is 6.10. The van der Waals surface area contributed by atoms with Gasteiger partial charge in [-0.05, 0) is 55.0 Å². The summed E-state index contributed by atoms with van der Waals surface area (Å²) < 4.78 is 5.36. The lowest BCUT2D eigenvalue weighted by atomic mass is 9.80. The van der Waals surface area contributed by atoms with Gasteiger partial charge < -0.3 is 10.1 Å². The Balaban J connectivity index is 2.10. The second kappa shape index (κ2) is 6.88. The summed E-state index contributed by atoms with van der Waals surface area (Å²) in [5.74, 6) is 0.540. The number of ether oxygens (including phenoxy) is 1. The van der Waals surface area contributed by atoms with Gasteiger partial charge in [0.25, 0.3) is 0 Å². The fourth-order valence-corrected chi connectivity index (χ4v) is 3.57. The number of carbonyl (C=O) groups is 1. The van der Waals surface area contributed by atoms with E-state index in [2.05, 4.69) is 58.1 Å². The van der Waals surface area contributed by atoms with E-state index in [1.807, 2.05) is 18.2 Å². The number of benzene rings is 2. The van der Waals surface area contributed by atoms with Crippen LogP contribution >= 0.6 is 0 Å². The molecule has 0 saturated heterocycles. The van der Waals surface area contributed by atoms with Crippen molar-refractivity contribution in [3.63, 3.8) is 0 Å². The van der Waals surface area contributed by atoms with Crippen molar-refractivity contribution in [1.29, 1.82) is 0 Å². The summed E-state index contributed by atoms with van der Waals surface area (Å²) in [6.07, 6.45) is 2.64. The van der Waals surface area contributed by atoms with Crippen molar-refractivity contribution in [1.82, 2.24) is 5.32 Å². The van der Waals surface area contributed by atoms with E-state index in [4.69, 9.17) is 4.74 Å². The molecule has 0 unspecified atom stereocenters.